The maximum atomic E-state index is 11.8. The highest BCUT2D eigenvalue weighted by Gasteiger charge is 2.14. The average Bonchev–Trinajstić information content (AvgIpc) is 2.39. The molecule has 1 atom stereocenters. The normalized spacial score (nSPS) is 12.7. The van der Waals surface area contributed by atoms with Gasteiger partial charge >= 0.3 is 0 Å². The first-order chi connectivity index (χ1) is 9.50. The van der Waals surface area contributed by atoms with Crippen LogP contribution in [0.1, 0.15) is 31.9 Å². The third-order valence-electron chi connectivity index (χ3n) is 3.20. The Labute approximate surface area is 122 Å². The number of benzene rings is 1. The van der Waals surface area contributed by atoms with Crippen LogP contribution in [0.5, 0.6) is 0 Å². The average molecular weight is 277 g/mol. The van der Waals surface area contributed by atoms with Crippen molar-refractivity contribution in [1.82, 2.24) is 15.5 Å². The fourth-order valence-corrected chi connectivity index (χ4v) is 2.05. The molecule has 0 aliphatic carbocycles. The number of hydrogen-bond donors (Lipinski definition) is 2. The molecule has 20 heavy (non-hydrogen) atoms. The number of hydrogen-bond acceptors (Lipinski definition) is 3. The van der Waals surface area contributed by atoms with Crippen molar-refractivity contribution < 1.29 is 4.79 Å². The highest BCUT2D eigenvalue weighted by atomic mass is 16.1. The Bertz CT molecular complexity index is 390. The largest absolute Gasteiger partial charge is 0.354 e. The molecule has 1 unspecified atom stereocenters. The highest BCUT2D eigenvalue weighted by Crippen LogP contribution is 2.16. The van der Waals surface area contributed by atoms with Crippen molar-refractivity contribution in [2.45, 2.75) is 32.4 Å². The van der Waals surface area contributed by atoms with Crippen LogP contribution in [-0.4, -0.2) is 44.0 Å². The summed E-state index contributed by atoms with van der Waals surface area (Å²) in [4.78, 5) is 13.9. The van der Waals surface area contributed by atoms with Gasteiger partial charge in [-0.1, -0.05) is 44.2 Å². The topological polar surface area (TPSA) is 44.4 Å². The fraction of sp³-hybridized carbons (Fsp3) is 0.562. The lowest BCUT2D eigenvalue weighted by Gasteiger charge is -2.25. The Balaban J connectivity index is 2.42. The maximum Gasteiger partial charge on any atom is 0.221 e. The third kappa shape index (κ3) is 6.17. The molecule has 0 aliphatic rings. The summed E-state index contributed by atoms with van der Waals surface area (Å²) in [6.45, 7) is 5.52. The first kappa shape index (κ1) is 16.7. The van der Waals surface area contributed by atoms with Gasteiger partial charge in [0.05, 0.1) is 6.04 Å². The minimum atomic E-state index is 0.0981. The molecule has 0 saturated heterocycles. The van der Waals surface area contributed by atoms with Gasteiger partial charge in [-0.25, -0.2) is 0 Å². The zero-order chi connectivity index (χ0) is 15.0. The standard InChI is InChI=1S/C16H27N3O/c1-13(2)17-11-10-16(20)18-12-15(19(3)4)14-8-6-5-7-9-14/h5-9,13,15,17H,10-12H2,1-4H3,(H,18,20). The van der Waals surface area contributed by atoms with Crippen LogP contribution in [0.4, 0.5) is 0 Å². The van der Waals surface area contributed by atoms with Gasteiger partial charge < -0.3 is 15.5 Å². The van der Waals surface area contributed by atoms with E-state index in [9.17, 15) is 4.79 Å². The minimum absolute atomic E-state index is 0.0981. The van der Waals surface area contributed by atoms with Gasteiger partial charge in [0.1, 0.15) is 0 Å². The van der Waals surface area contributed by atoms with Gasteiger partial charge in [0.25, 0.3) is 0 Å². The summed E-state index contributed by atoms with van der Waals surface area (Å²) in [7, 11) is 4.06. The molecule has 0 spiro atoms. The molecule has 1 amide bonds. The van der Waals surface area contributed by atoms with Gasteiger partial charge in [-0.2, -0.15) is 0 Å². The predicted molar refractivity (Wildman–Crippen MR) is 83.6 cm³/mol. The van der Waals surface area contributed by atoms with Crippen molar-refractivity contribution >= 4 is 5.91 Å². The Kier molecular flexibility index (Phi) is 7.26. The third-order valence-corrected chi connectivity index (χ3v) is 3.20. The second-order valence-electron chi connectivity index (χ2n) is 5.55. The Morgan fingerprint density at radius 1 is 1.20 bits per heavy atom. The number of likely N-dealkylation sites (N-methyl/N-ethyl adjacent to an activating group) is 1. The van der Waals surface area contributed by atoms with E-state index in [1.165, 1.54) is 5.56 Å². The summed E-state index contributed by atoms with van der Waals surface area (Å²) in [5, 5.41) is 6.26. The first-order valence-corrected chi connectivity index (χ1v) is 7.22. The number of carbonyl (C=O) groups excluding carboxylic acids is 1. The number of rotatable bonds is 8. The number of nitrogens with one attached hydrogen (secondary N) is 2. The molecule has 4 heteroatoms. The van der Waals surface area contributed by atoms with Crippen molar-refractivity contribution in [2.24, 2.45) is 0 Å². The quantitative estimate of drug-likeness (QED) is 0.761. The Morgan fingerprint density at radius 3 is 2.40 bits per heavy atom. The molecule has 2 N–H and O–H groups in total. The highest BCUT2D eigenvalue weighted by molar-refractivity contribution is 5.76. The van der Waals surface area contributed by atoms with E-state index in [4.69, 9.17) is 0 Å². The molecular formula is C16H27N3O. The van der Waals surface area contributed by atoms with Gasteiger partial charge in [0.15, 0.2) is 0 Å². The van der Waals surface area contributed by atoms with Crippen LogP contribution in [0, 0.1) is 0 Å². The summed E-state index contributed by atoms with van der Waals surface area (Å²) in [6.07, 6.45) is 0.521. The van der Waals surface area contributed by atoms with Crippen LogP contribution in [-0.2, 0) is 4.79 Å². The number of amides is 1. The van der Waals surface area contributed by atoms with E-state index in [1.54, 1.807) is 0 Å². The summed E-state index contributed by atoms with van der Waals surface area (Å²) in [5.41, 5.74) is 1.22. The number of nitrogens with zero attached hydrogens (tertiary/aromatic N) is 1. The summed E-state index contributed by atoms with van der Waals surface area (Å²) in [6, 6.07) is 10.9. The second-order valence-corrected chi connectivity index (χ2v) is 5.55. The zero-order valence-corrected chi connectivity index (χ0v) is 13.0. The van der Waals surface area contributed by atoms with Crippen LogP contribution in [0.15, 0.2) is 30.3 Å². The van der Waals surface area contributed by atoms with Crippen molar-refractivity contribution in [3.63, 3.8) is 0 Å². The van der Waals surface area contributed by atoms with Crippen LogP contribution in [0.2, 0.25) is 0 Å². The lowest BCUT2D eigenvalue weighted by Crippen LogP contribution is -2.36. The molecule has 0 bridgehead atoms. The summed E-state index contributed by atoms with van der Waals surface area (Å²) >= 11 is 0. The minimum Gasteiger partial charge on any atom is -0.354 e. The maximum absolute atomic E-state index is 11.8. The first-order valence-electron chi connectivity index (χ1n) is 7.22. The van der Waals surface area contributed by atoms with E-state index in [0.717, 1.165) is 6.54 Å². The monoisotopic (exact) mass is 277 g/mol. The molecule has 4 nitrogen and oxygen atoms in total. The molecule has 0 aromatic heterocycles. The van der Waals surface area contributed by atoms with E-state index in [1.807, 2.05) is 32.3 Å². The van der Waals surface area contributed by atoms with Crippen molar-refractivity contribution in [3.8, 4) is 0 Å². The molecule has 1 aromatic rings. The van der Waals surface area contributed by atoms with Crippen LogP contribution in [0.25, 0.3) is 0 Å². The van der Waals surface area contributed by atoms with Crippen LogP contribution < -0.4 is 10.6 Å². The summed E-state index contributed by atoms with van der Waals surface area (Å²) < 4.78 is 0. The molecular weight excluding hydrogens is 250 g/mol. The van der Waals surface area contributed by atoms with E-state index >= 15 is 0 Å². The predicted octanol–water partition coefficient (Wildman–Crippen LogP) is 1.79. The molecule has 1 aromatic carbocycles. The van der Waals surface area contributed by atoms with E-state index < -0.39 is 0 Å². The fourth-order valence-electron chi connectivity index (χ4n) is 2.05. The summed E-state index contributed by atoms with van der Waals surface area (Å²) in [5.74, 6) is 0.0981. The smallest absolute Gasteiger partial charge is 0.221 e. The zero-order valence-electron chi connectivity index (χ0n) is 13.0. The lowest BCUT2D eigenvalue weighted by molar-refractivity contribution is -0.121. The van der Waals surface area contributed by atoms with E-state index in [2.05, 4.69) is 41.5 Å². The molecule has 0 radical (unpaired) electrons. The lowest BCUT2D eigenvalue weighted by atomic mass is 10.1. The van der Waals surface area contributed by atoms with Crippen molar-refractivity contribution in [2.75, 3.05) is 27.2 Å². The van der Waals surface area contributed by atoms with Crippen molar-refractivity contribution in [3.05, 3.63) is 35.9 Å². The van der Waals surface area contributed by atoms with Gasteiger partial charge in [0, 0.05) is 25.6 Å². The van der Waals surface area contributed by atoms with Gasteiger partial charge in [0.2, 0.25) is 5.91 Å². The van der Waals surface area contributed by atoms with Crippen LogP contribution >= 0.6 is 0 Å². The Hall–Kier alpha value is -1.39. The Morgan fingerprint density at radius 2 is 1.85 bits per heavy atom. The second kappa shape index (κ2) is 8.72. The van der Waals surface area contributed by atoms with E-state index in [-0.39, 0.29) is 11.9 Å². The van der Waals surface area contributed by atoms with Gasteiger partial charge in [-0.3, -0.25) is 4.79 Å². The van der Waals surface area contributed by atoms with E-state index in [0.29, 0.717) is 19.0 Å². The number of carbonyl (C=O) groups is 1. The molecule has 0 heterocycles. The van der Waals surface area contributed by atoms with Gasteiger partial charge in [-0.05, 0) is 19.7 Å². The molecule has 0 saturated carbocycles. The van der Waals surface area contributed by atoms with Crippen molar-refractivity contribution in [1.29, 1.82) is 0 Å². The SMILES string of the molecule is CC(C)NCCC(=O)NCC(c1ccccc1)N(C)C. The molecule has 112 valence electrons. The van der Waals surface area contributed by atoms with Crippen LogP contribution in [0.3, 0.4) is 0 Å². The molecule has 0 aliphatic heterocycles. The van der Waals surface area contributed by atoms with Gasteiger partial charge in [-0.15, -0.1) is 0 Å². The molecule has 1 rings (SSSR count). The molecule has 0 fully saturated rings.